The minimum atomic E-state index is -3.41. The first-order chi connectivity index (χ1) is 16.9. The second-order valence-electron chi connectivity index (χ2n) is 8.91. The van der Waals surface area contributed by atoms with Crippen LogP contribution in [0.2, 0.25) is 0 Å². The molecule has 0 saturated carbocycles. The Labute approximate surface area is 208 Å². The summed E-state index contributed by atoms with van der Waals surface area (Å²) in [5, 5.41) is 0. The van der Waals surface area contributed by atoms with E-state index in [1.807, 2.05) is 35.2 Å². The molecule has 0 spiro atoms. The predicted molar refractivity (Wildman–Crippen MR) is 141 cm³/mol. The summed E-state index contributed by atoms with van der Waals surface area (Å²) in [5.74, 6) is 0.0853. The quantitative estimate of drug-likeness (QED) is 0.451. The van der Waals surface area contributed by atoms with E-state index in [9.17, 15) is 13.2 Å². The maximum absolute atomic E-state index is 12.9. The van der Waals surface area contributed by atoms with Crippen LogP contribution in [0.5, 0.6) is 0 Å². The zero-order valence-electron chi connectivity index (χ0n) is 20.2. The number of anilines is 1. The number of hydrogen-bond acceptors (Lipinski definition) is 4. The van der Waals surface area contributed by atoms with Crippen LogP contribution in [0.3, 0.4) is 0 Å². The summed E-state index contributed by atoms with van der Waals surface area (Å²) in [6, 6.07) is 30.2. The van der Waals surface area contributed by atoms with Crippen LogP contribution in [0.15, 0.2) is 91.0 Å². The molecule has 0 aliphatic carbocycles. The molecular formula is C28H33N3O3S. The monoisotopic (exact) mass is 491 g/mol. The summed E-state index contributed by atoms with van der Waals surface area (Å²) in [6.45, 7) is 3.21. The largest absolute Gasteiger partial charge is 0.340 e. The molecule has 1 heterocycles. The molecule has 1 fully saturated rings. The summed E-state index contributed by atoms with van der Waals surface area (Å²) < 4.78 is 25.9. The van der Waals surface area contributed by atoms with E-state index >= 15 is 0 Å². The van der Waals surface area contributed by atoms with Gasteiger partial charge in [-0.2, -0.15) is 0 Å². The molecule has 0 N–H and O–H groups in total. The second-order valence-corrected chi connectivity index (χ2v) is 10.8. The van der Waals surface area contributed by atoms with Gasteiger partial charge in [0, 0.05) is 39.1 Å². The molecule has 0 aromatic heterocycles. The first-order valence-corrected chi connectivity index (χ1v) is 13.9. The Morgan fingerprint density at radius 1 is 0.800 bits per heavy atom. The number of carbonyl (C=O) groups is 1. The highest BCUT2D eigenvalue weighted by atomic mass is 32.2. The van der Waals surface area contributed by atoms with Crippen molar-refractivity contribution in [1.82, 2.24) is 9.80 Å². The molecule has 1 aliphatic rings. The summed E-state index contributed by atoms with van der Waals surface area (Å²) >= 11 is 0. The van der Waals surface area contributed by atoms with Gasteiger partial charge < -0.3 is 4.90 Å². The summed E-state index contributed by atoms with van der Waals surface area (Å²) in [7, 11) is -3.41. The van der Waals surface area contributed by atoms with Crippen molar-refractivity contribution in [3.63, 3.8) is 0 Å². The maximum atomic E-state index is 12.9. The average molecular weight is 492 g/mol. The highest BCUT2D eigenvalue weighted by molar-refractivity contribution is 7.92. The van der Waals surface area contributed by atoms with Gasteiger partial charge >= 0.3 is 0 Å². The van der Waals surface area contributed by atoms with Gasteiger partial charge in [-0.15, -0.1) is 0 Å². The minimum Gasteiger partial charge on any atom is -0.340 e. The number of benzene rings is 3. The van der Waals surface area contributed by atoms with Crippen molar-refractivity contribution >= 4 is 21.6 Å². The first-order valence-electron chi connectivity index (χ1n) is 12.1. The highest BCUT2D eigenvalue weighted by Crippen LogP contribution is 2.29. The molecule has 0 bridgehead atoms. The third-order valence-electron chi connectivity index (χ3n) is 6.46. The normalized spacial score (nSPS) is 14.7. The summed E-state index contributed by atoms with van der Waals surface area (Å²) in [5.41, 5.74) is 3.13. The minimum absolute atomic E-state index is 0.0853. The Kier molecular flexibility index (Phi) is 8.21. The molecule has 0 atom stereocenters. The van der Waals surface area contributed by atoms with E-state index in [1.165, 1.54) is 21.7 Å². The molecular weight excluding hydrogens is 458 g/mol. The molecule has 7 heteroatoms. The van der Waals surface area contributed by atoms with Crippen LogP contribution in [0.1, 0.15) is 30.0 Å². The fraction of sp³-hybridized carbons (Fsp3) is 0.321. The van der Waals surface area contributed by atoms with E-state index in [0.717, 1.165) is 13.1 Å². The number of piperazine rings is 1. The van der Waals surface area contributed by atoms with Crippen LogP contribution in [0.4, 0.5) is 5.69 Å². The van der Waals surface area contributed by atoms with Crippen molar-refractivity contribution in [2.24, 2.45) is 0 Å². The van der Waals surface area contributed by atoms with Gasteiger partial charge in [0.2, 0.25) is 15.9 Å². The lowest BCUT2D eigenvalue weighted by Gasteiger charge is -2.40. The zero-order valence-corrected chi connectivity index (χ0v) is 21.0. The van der Waals surface area contributed by atoms with Crippen LogP contribution >= 0.6 is 0 Å². The van der Waals surface area contributed by atoms with Gasteiger partial charge in [0.1, 0.15) is 0 Å². The maximum Gasteiger partial charge on any atom is 0.232 e. The van der Waals surface area contributed by atoms with Crippen molar-refractivity contribution in [2.45, 2.75) is 18.9 Å². The van der Waals surface area contributed by atoms with Crippen molar-refractivity contribution in [2.75, 3.05) is 43.3 Å². The molecule has 3 aromatic rings. The molecule has 1 amide bonds. The second kappa shape index (κ2) is 11.5. The summed E-state index contributed by atoms with van der Waals surface area (Å²) in [6.07, 6.45) is 2.02. The molecule has 35 heavy (non-hydrogen) atoms. The van der Waals surface area contributed by atoms with Gasteiger partial charge in [-0.3, -0.25) is 14.0 Å². The highest BCUT2D eigenvalue weighted by Gasteiger charge is 2.28. The average Bonchev–Trinajstić information content (AvgIpc) is 2.88. The van der Waals surface area contributed by atoms with Crippen molar-refractivity contribution in [3.05, 3.63) is 102 Å². The number of hydrogen-bond donors (Lipinski definition) is 0. The molecule has 1 aliphatic heterocycles. The van der Waals surface area contributed by atoms with Gasteiger partial charge in [-0.25, -0.2) is 8.42 Å². The number of carbonyl (C=O) groups excluding carboxylic acids is 1. The van der Waals surface area contributed by atoms with Gasteiger partial charge in [0.05, 0.1) is 18.0 Å². The van der Waals surface area contributed by atoms with E-state index in [-0.39, 0.29) is 11.9 Å². The Bertz CT molecular complexity index is 1140. The Morgan fingerprint density at radius 3 is 1.77 bits per heavy atom. The van der Waals surface area contributed by atoms with E-state index in [0.29, 0.717) is 38.2 Å². The number of rotatable bonds is 9. The molecule has 0 unspecified atom stereocenters. The standard InChI is InChI=1S/C28H33N3O3S/c1-35(33,34)31(26-16-9-4-10-17-26)19-11-18-27(32)29-20-22-30(23-21-29)28(24-12-5-2-6-13-24)25-14-7-3-8-15-25/h2-10,12-17,28H,11,18-23H2,1H3. The Balaban J connectivity index is 1.34. The Morgan fingerprint density at radius 2 is 1.29 bits per heavy atom. The van der Waals surface area contributed by atoms with Gasteiger partial charge in [0.15, 0.2) is 0 Å². The van der Waals surface area contributed by atoms with E-state index in [1.54, 1.807) is 12.1 Å². The molecule has 4 rings (SSSR count). The van der Waals surface area contributed by atoms with Crippen LogP contribution in [-0.2, 0) is 14.8 Å². The topological polar surface area (TPSA) is 60.9 Å². The molecule has 1 saturated heterocycles. The van der Waals surface area contributed by atoms with Crippen LogP contribution in [0, 0.1) is 0 Å². The van der Waals surface area contributed by atoms with Gasteiger partial charge in [-0.1, -0.05) is 78.9 Å². The van der Waals surface area contributed by atoms with Crippen LogP contribution in [0.25, 0.3) is 0 Å². The molecule has 3 aromatic carbocycles. The van der Waals surface area contributed by atoms with Crippen LogP contribution < -0.4 is 4.31 Å². The van der Waals surface area contributed by atoms with E-state index in [4.69, 9.17) is 0 Å². The number of amides is 1. The lowest BCUT2D eigenvalue weighted by molar-refractivity contribution is -0.133. The lowest BCUT2D eigenvalue weighted by Crippen LogP contribution is -2.50. The summed E-state index contributed by atoms with van der Waals surface area (Å²) in [4.78, 5) is 17.3. The van der Waals surface area contributed by atoms with E-state index < -0.39 is 10.0 Å². The third-order valence-corrected chi connectivity index (χ3v) is 7.65. The Hall–Kier alpha value is -3.16. The smallest absolute Gasteiger partial charge is 0.232 e. The predicted octanol–water partition coefficient (Wildman–Crippen LogP) is 4.17. The molecule has 184 valence electrons. The van der Waals surface area contributed by atoms with Gasteiger partial charge in [-0.05, 0) is 29.7 Å². The zero-order chi connectivity index (χ0) is 24.7. The number of nitrogens with zero attached hydrogens (tertiary/aromatic N) is 3. The number of para-hydroxylation sites is 1. The molecule has 0 radical (unpaired) electrons. The third kappa shape index (κ3) is 6.50. The molecule has 6 nitrogen and oxygen atoms in total. The van der Waals surface area contributed by atoms with Crippen molar-refractivity contribution in [1.29, 1.82) is 0 Å². The first kappa shape index (κ1) is 24.9. The fourth-order valence-electron chi connectivity index (χ4n) is 4.73. The SMILES string of the molecule is CS(=O)(=O)N(CCCC(=O)N1CCN(C(c2ccccc2)c2ccccc2)CC1)c1ccccc1. The lowest BCUT2D eigenvalue weighted by atomic mass is 9.96. The van der Waals surface area contributed by atoms with Gasteiger partial charge in [0.25, 0.3) is 0 Å². The van der Waals surface area contributed by atoms with Crippen molar-refractivity contribution < 1.29 is 13.2 Å². The number of sulfonamides is 1. The fourth-order valence-corrected chi connectivity index (χ4v) is 5.69. The van der Waals surface area contributed by atoms with Crippen LogP contribution in [-0.4, -0.2) is 63.1 Å². The van der Waals surface area contributed by atoms with Crippen molar-refractivity contribution in [3.8, 4) is 0 Å². The van der Waals surface area contributed by atoms with E-state index in [2.05, 4.69) is 53.4 Å².